The van der Waals surface area contributed by atoms with Gasteiger partial charge in [-0.25, -0.2) is 4.39 Å². The minimum Gasteiger partial charge on any atom is -0.313 e. The monoisotopic (exact) mass is 349 g/mol. The number of rotatable bonds is 4. The van der Waals surface area contributed by atoms with E-state index in [4.69, 9.17) is 0 Å². The lowest BCUT2D eigenvalue weighted by Gasteiger charge is -2.22. The molecule has 0 saturated carbocycles. The topological polar surface area (TPSA) is 12.0 Å². The largest absolute Gasteiger partial charge is 0.313 e. The van der Waals surface area contributed by atoms with Gasteiger partial charge in [-0.1, -0.05) is 39.7 Å². The van der Waals surface area contributed by atoms with Crippen LogP contribution in [0.5, 0.6) is 0 Å². The molecule has 21 heavy (non-hydrogen) atoms. The van der Waals surface area contributed by atoms with Gasteiger partial charge in [0.2, 0.25) is 0 Å². The summed E-state index contributed by atoms with van der Waals surface area (Å²) in [5.74, 6) is -0.214. The highest BCUT2D eigenvalue weighted by atomic mass is 79.9. The summed E-state index contributed by atoms with van der Waals surface area (Å²) in [6.45, 7) is 6.42. The molecule has 0 saturated heterocycles. The van der Waals surface area contributed by atoms with Crippen molar-refractivity contribution in [3.05, 3.63) is 68.4 Å². The lowest BCUT2D eigenvalue weighted by Crippen LogP contribution is -2.21. The first-order chi connectivity index (χ1) is 9.92. The number of nitrogens with one attached hydrogen (secondary N) is 1. The van der Waals surface area contributed by atoms with Crippen molar-refractivity contribution >= 4 is 15.9 Å². The summed E-state index contributed by atoms with van der Waals surface area (Å²) in [6, 6.07) is 9.53. The Bertz CT molecular complexity index is 629. The Balaban J connectivity index is 2.37. The third-order valence-electron chi connectivity index (χ3n) is 3.87. The van der Waals surface area contributed by atoms with Crippen molar-refractivity contribution in [1.29, 1.82) is 0 Å². The van der Waals surface area contributed by atoms with Gasteiger partial charge in [-0.05, 0) is 68.6 Å². The lowest BCUT2D eigenvalue weighted by atomic mass is 9.90. The highest BCUT2D eigenvalue weighted by Crippen LogP contribution is 2.29. The van der Waals surface area contributed by atoms with Gasteiger partial charge in [-0.2, -0.15) is 0 Å². The van der Waals surface area contributed by atoms with E-state index in [0.29, 0.717) is 0 Å². The van der Waals surface area contributed by atoms with E-state index in [1.165, 1.54) is 34.4 Å². The summed E-state index contributed by atoms with van der Waals surface area (Å²) in [5, 5.41) is 3.40. The quantitative estimate of drug-likeness (QED) is 0.817. The summed E-state index contributed by atoms with van der Waals surface area (Å²) in [7, 11) is 1.97. The first kappa shape index (κ1) is 16.2. The fraction of sp³-hybridized carbons (Fsp3) is 0.333. The number of hydrogen-bond acceptors (Lipinski definition) is 1. The van der Waals surface area contributed by atoms with Crippen molar-refractivity contribution in [3.63, 3.8) is 0 Å². The molecule has 0 bridgehead atoms. The molecule has 2 aromatic carbocycles. The van der Waals surface area contributed by atoms with Crippen molar-refractivity contribution in [2.75, 3.05) is 7.05 Å². The summed E-state index contributed by atoms with van der Waals surface area (Å²) in [6.07, 6.45) is 0.822. The fourth-order valence-corrected chi connectivity index (χ4v) is 3.51. The molecule has 0 fully saturated rings. The van der Waals surface area contributed by atoms with E-state index in [1.54, 1.807) is 0 Å². The summed E-state index contributed by atoms with van der Waals surface area (Å²) in [4.78, 5) is 0. The van der Waals surface area contributed by atoms with E-state index in [2.05, 4.69) is 54.2 Å². The summed E-state index contributed by atoms with van der Waals surface area (Å²) < 4.78 is 14.0. The van der Waals surface area contributed by atoms with Gasteiger partial charge in [0, 0.05) is 10.5 Å². The summed E-state index contributed by atoms with van der Waals surface area (Å²) >= 11 is 3.46. The highest BCUT2D eigenvalue weighted by molar-refractivity contribution is 9.10. The fourth-order valence-electron chi connectivity index (χ4n) is 3.00. The van der Waals surface area contributed by atoms with E-state index in [9.17, 15) is 4.39 Å². The first-order valence-electron chi connectivity index (χ1n) is 7.11. The molecule has 1 atom stereocenters. The third kappa shape index (κ3) is 3.72. The van der Waals surface area contributed by atoms with Gasteiger partial charge in [0.1, 0.15) is 5.82 Å². The van der Waals surface area contributed by atoms with Crippen LogP contribution in [0.2, 0.25) is 0 Å². The van der Waals surface area contributed by atoms with Gasteiger partial charge in [-0.3, -0.25) is 0 Å². The highest BCUT2D eigenvalue weighted by Gasteiger charge is 2.17. The van der Waals surface area contributed by atoms with Gasteiger partial charge < -0.3 is 5.32 Å². The van der Waals surface area contributed by atoms with Crippen LogP contribution >= 0.6 is 15.9 Å². The Morgan fingerprint density at radius 1 is 1.10 bits per heavy atom. The molecular formula is C18H21BrFN. The number of halogens is 2. The van der Waals surface area contributed by atoms with Crippen LogP contribution in [-0.4, -0.2) is 7.05 Å². The van der Waals surface area contributed by atoms with E-state index < -0.39 is 0 Å². The average Bonchev–Trinajstić information content (AvgIpc) is 2.39. The molecule has 0 aromatic heterocycles. The molecule has 112 valence electrons. The standard InChI is InChI=1S/C18H21BrFN/c1-11-7-12(2)18(13(3)8-11)17(21-4)9-14-5-6-15(20)10-16(14)19/h5-8,10,17,21H,9H2,1-4H3. The molecule has 0 amide bonds. The zero-order chi connectivity index (χ0) is 15.6. The molecule has 1 N–H and O–H groups in total. The molecule has 0 aliphatic rings. The van der Waals surface area contributed by atoms with Crippen molar-refractivity contribution in [3.8, 4) is 0 Å². The van der Waals surface area contributed by atoms with Crippen LogP contribution in [-0.2, 0) is 6.42 Å². The molecule has 0 radical (unpaired) electrons. The number of likely N-dealkylation sites (N-methyl/N-ethyl adjacent to an activating group) is 1. The second-order valence-corrected chi connectivity index (χ2v) is 6.45. The zero-order valence-corrected chi connectivity index (χ0v) is 14.5. The van der Waals surface area contributed by atoms with Crippen molar-refractivity contribution in [1.82, 2.24) is 5.32 Å². The van der Waals surface area contributed by atoms with Gasteiger partial charge in [-0.15, -0.1) is 0 Å². The second-order valence-electron chi connectivity index (χ2n) is 5.59. The van der Waals surface area contributed by atoms with E-state index in [0.717, 1.165) is 16.5 Å². The Hall–Kier alpha value is -1.19. The zero-order valence-electron chi connectivity index (χ0n) is 12.9. The smallest absolute Gasteiger partial charge is 0.124 e. The Morgan fingerprint density at radius 2 is 1.71 bits per heavy atom. The maximum absolute atomic E-state index is 13.2. The van der Waals surface area contributed by atoms with Gasteiger partial charge >= 0.3 is 0 Å². The first-order valence-corrected chi connectivity index (χ1v) is 7.90. The molecule has 0 aliphatic carbocycles. The second kappa shape index (κ2) is 6.71. The minimum atomic E-state index is -0.214. The van der Waals surface area contributed by atoms with Crippen LogP contribution in [0, 0.1) is 26.6 Å². The van der Waals surface area contributed by atoms with Crippen LogP contribution in [0.15, 0.2) is 34.8 Å². The van der Waals surface area contributed by atoms with E-state index in [1.807, 2.05) is 13.1 Å². The number of hydrogen-bond donors (Lipinski definition) is 1. The molecule has 2 rings (SSSR count). The molecule has 1 unspecified atom stereocenters. The predicted octanol–water partition coefficient (Wildman–Crippen LogP) is 5.02. The van der Waals surface area contributed by atoms with E-state index in [-0.39, 0.29) is 11.9 Å². The molecular weight excluding hydrogens is 329 g/mol. The predicted molar refractivity (Wildman–Crippen MR) is 90.3 cm³/mol. The van der Waals surface area contributed by atoms with Crippen molar-refractivity contribution in [2.45, 2.75) is 33.2 Å². The summed E-state index contributed by atoms with van der Waals surface area (Å²) in [5.41, 5.74) is 6.32. The van der Waals surface area contributed by atoms with Gasteiger partial charge in [0.05, 0.1) is 0 Å². The molecule has 1 nitrogen and oxygen atoms in total. The Morgan fingerprint density at radius 3 is 2.24 bits per heavy atom. The normalized spacial score (nSPS) is 12.5. The van der Waals surface area contributed by atoms with Crippen LogP contribution in [0.3, 0.4) is 0 Å². The Kier molecular flexibility index (Phi) is 5.17. The SMILES string of the molecule is CNC(Cc1ccc(F)cc1Br)c1c(C)cc(C)cc1C. The van der Waals surface area contributed by atoms with Crippen LogP contribution < -0.4 is 5.32 Å². The lowest BCUT2D eigenvalue weighted by molar-refractivity contribution is 0.581. The van der Waals surface area contributed by atoms with Crippen LogP contribution in [0.1, 0.15) is 33.9 Å². The average molecular weight is 350 g/mol. The Labute approximate surface area is 134 Å². The van der Waals surface area contributed by atoms with Crippen LogP contribution in [0.4, 0.5) is 4.39 Å². The van der Waals surface area contributed by atoms with Crippen molar-refractivity contribution in [2.24, 2.45) is 0 Å². The van der Waals surface area contributed by atoms with E-state index >= 15 is 0 Å². The maximum atomic E-state index is 13.2. The molecule has 0 aliphatic heterocycles. The third-order valence-corrected chi connectivity index (χ3v) is 4.61. The number of aryl methyl sites for hydroxylation is 3. The number of benzene rings is 2. The maximum Gasteiger partial charge on any atom is 0.124 e. The van der Waals surface area contributed by atoms with Gasteiger partial charge in [0.15, 0.2) is 0 Å². The molecule has 3 heteroatoms. The van der Waals surface area contributed by atoms with Crippen LogP contribution in [0.25, 0.3) is 0 Å². The molecule has 0 heterocycles. The molecule has 0 spiro atoms. The molecule has 2 aromatic rings. The van der Waals surface area contributed by atoms with Gasteiger partial charge in [0.25, 0.3) is 0 Å². The minimum absolute atomic E-state index is 0.214. The van der Waals surface area contributed by atoms with Crippen molar-refractivity contribution < 1.29 is 4.39 Å².